The average molecular weight is 409 g/mol. The lowest BCUT2D eigenvalue weighted by molar-refractivity contribution is -0.165. The Morgan fingerprint density at radius 3 is 2.56 bits per heavy atom. The van der Waals surface area contributed by atoms with Gasteiger partial charge in [0.05, 0.1) is 0 Å². The van der Waals surface area contributed by atoms with Crippen molar-refractivity contribution in [3.8, 4) is 6.07 Å². The standard InChI is InChI=1S/C17H20N4O4S2/c1-7-5-8(2)26-10(7)9(19)12(22)20-17(6-18)14(25)21-11(13(23)24)16(3,4)27-15(17)21/h5,9,11,15H,19H2,1-4H3,(H,20,22)(H,23,24)/t9?,11-,15+,17-/m0/s1. The lowest BCUT2D eigenvalue weighted by atomic mass is 9.85. The summed E-state index contributed by atoms with van der Waals surface area (Å²) in [4.78, 5) is 39.9. The highest BCUT2D eigenvalue weighted by Gasteiger charge is 2.73. The molecule has 4 atom stereocenters. The molecule has 1 unspecified atom stereocenters. The van der Waals surface area contributed by atoms with Crippen LogP contribution < -0.4 is 11.1 Å². The van der Waals surface area contributed by atoms with Crippen molar-refractivity contribution in [3.05, 3.63) is 21.4 Å². The highest BCUT2D eigenvalue weighted by atomic mass is 32.2. The number of thiophene rings is 1. The molecule has 144 valence electrons. The zero-order valence-corrected chi connectivity index (χ0v) is 16.9. The minimum absolute atomic E-state index is 0.633. The van der Waals surface area contributed by atoms with Gasteiger partial charge < -0.3 is 21.1 Å². The van der Waals surface area contributed by atoms with Gasteiger partial charge in [0.1, 0.15) is 23.5 Å². The van der Waals surface area contributed by atoms with Crippen LogP contribution in [-0.2, 0) is 14.4 Å². The van der Waals surface area contributed by atoms with Gasteiger partial charge in [0.25, 0.3) is 5.91 Å². The van der Waals surface area contributed by atoms with E-state index in [0.717, 1.165) is 10.4 Å². The Kier molecular flexibility index (Phi) is 4.53. The Hall–Kier alpha value is -2.09. The van der Waals surface area contributed by atoms with Gasteiger partial charge in [0.2, 0.25) is 11.4 Å². The molecule has 0 bridgehead atoms. The van der Waals surface area contributed by atoms with Crippen molar-refractivity contribution in [2.75, 3.05) is 0 Å². The summed E-state index contributed by atoms with van der Waals surface area (Å²) in [6.07, 6.45) is 0. The van der Waals surface area contributed by atoms with Crippen LogP contribution in [0.2, 0.25) is 0 Å². The van der Waals surface area contributed by atoms with E-state index in [1.165, 1.54) is 28.0 Å². The first-order chi connectivity index (χ1) is 12.5. The van der Waals surface area contributed by atoms with Crippen LogP contribution in [0.5, 0.6) is 0 Å². The van der Waals surface area contributed by atoms with Gasteiger partial charge in [-0.2, -0.15) is 5.26 Å². The molecule has 1 aromatic heterocycles. The van der Waals surface area contributed by atoms with E-state index < -0.39 is 45.5 Å². The summed E-state index contributed by atoms with van der Waals surface area (Å²) >= 11 is 2.58. The van der Waals surface area contributed by atoms with Gasteiger partial charge in [-0.25, -0.2) is 4.79 Å². The van der Waals surface area contributed by atoms with Gasteiger partial charge in [-0.05, 0) is 39.3 Å². The number of aryl methyl sites for hydroxylation is 2. The number of hydrogen-bond acceptors (Lipinski definition) is 7. The number of hydrogen-bond donors (Lipinski definition) is 3. The Morgan fingerprint density at radius 2 is 2.07 bits per heavy atom. The Balaban J connectivity index is 1.87. The van der Waals surface area contributed by atoms with Crippen LogP contribution in [0.25, 0.3) is 0 Å². The predicted molar refractivity (Wildman–Crippen MR) is 101 cm³/mol. The number of carbonyl (C=O) groups is 3. The van der Waals surface area contributed by atoms with E-state index in [0.29, 0.717) is 4.88 Å². The van der Waals surface area contributed by atoms with Crippen LogP contribution in [0.15, 0.2) is 6.07 Å². The molecule has 3 rings (SSSR count). The largest absolute Gasteiger partial charge is 0.480 e. The topological polar surface area (TPSA) is 137 Å². The number of fused-ring (bicyclic) bond motifs is 1. The first-order valence-electron chi connectivity index (χ1n) is 8.25. The Bertz CT molecular complexity index is 890. The molecule has 1 aromatic rings. The van der Waals surface area contributed by atoms with Crippen molar-refractivity contribution in [2.24, 2.45) is 5.73 Å². The molecule has 8 nitrogen and oxygen atoms in total. The van der Waals surface area contributed by atoms with E-state index in [9.17, 15) is 24.8 Å². The smallest absolute Gasteiger partial charge is 0.327 e. The quantitative estimate of drug-likeness (QED) is 0.629. The second-order valence-electron chi connectivity index (χ2n) is 7.32. The molecule has 27 heavy (non-hydrogen) atoms. The summed E-state index contributed by atoms with van der Waals surface area (Å²) in [7, 11) is 0. The van der Waals surface area contributed by atoms with Gasteiger partial charge >= 0.3 is 5.97 Å². The zero-order valence-electron chi connectivity index (χ0n) is 15.3. The van der Waals surface area contributed by atoms with E-state index in [2.05, 4.69) is 5.32 Å². The monoisotopic (exact) mass is 408 g/mol. The van der Waals surface area contributed by atoms with Crippen molar-refractivity contribution < 1.29 is 19.5 Å². The molecule has 2 aliphatic rings. The first-order valence-corrected chi connectivity index (χ1v) is 9.95. The lowest BCUT2D eigenvalue weighted by Gasteiger charge is -2.49. The third kappa shape index (κ3) is 2.72. The van der Waals surface area contributed by atoms with E-state index in [1.807, 2.05) is 26.0 Å². The molecule has 2 fully saturated rings. The highest BCUT2D eigenvalue weighted by molar-refractivity contribution is 8.01. The number of carbonyl (C=O) groups excluding carboxylic acids is 2. The van der Waals surface area contributed by atoms with Crippen LogP contribution in [-0.4, -0.2) is 49.5 Å². The van der Waals surface area contributed by atoms with Crippen LogP contribution >= 0.6 is 23.1 Å². The molecule has 4 N–H and O–H groups in total. The van der Waals surface area contributed by atoms with E-state index in [4.69, 9.17) is 5.73 Å². The molecule has 0 saturated carbocycles. The maximum Gasteiger partial charge on any atom is 0.327 e. The molecular formula is C17H20N4O4S2. The Labute approximate surface area is 164 Å². The van der Waals surface area contributed by atoms with E-state index in [1.54, 1.807) is 13.8 Å². The predicted octanol–water partition coefficient (Wildman–Crippen LogP) is 0.890. The maximum absolute atomic E-state index is 12.7. The fourth-order valence-electron chi connectivity index (χ4n) is 3.67. The van der Waals surface area contributed by atoms with Gasteiger partial charge in [0.15, 0.2) is 0 Å². The third-order valence-electron chi connectivity index (χ3n) is 4.92. The normalized spacial score (nSPS) is 29.5. The van der Waals surface area contributed by atoms with Crippen LogP contribution in [0.3, 0.4) is 0 Å². The van der Waals surface area contributed by atoms with Crippen molar-refractivity contribution >= 4 is 40.9 Å². The van der Waals surface area contributed by atoms with Crippen LogP contribution in [0.4, 0.5) is 0 Å². The highest BCUT2D eigenvalue weighted by Crippen LogP contribution is 2.54. The summed E-state index contributed by atoms with van der Waals surface area (Å²) < 4.78 is -0.793. The molecule has 0 aromatic carbocycles. The van der Waals surface area contributed by atoms with Gasteiger partial charge in [-0.3, -0.25) is 9.59 Å². The molecule has 0 aliphatic carbocycles. The number of rotatable bonds is 4. The van der Waals surface area contributed by atoms with Crippen molar-refractivity contribution in [1.29, 1.82) is 5.26 Å². The summed E-state index contributed by atoms with van der Waals surface area (Å²) in [5.74, 6) is -2.48. The summed E-state index contributed by atoms with van der Waals surface area (Å²) in [5, 5.41) is 20.9. The van der Waals surface area contributed by atoms with Gasteiger partial charge in [-0.1, -0.05) is 0 Å². The number of β-lactam (4-membered cyclic amide) rings is 1. The second-order valence-corrected chi connectivity index (χ2v) is 10.3. The molecule has 0 radical (unpaired) electrons. The lowest BCUT2D eigenvalue weighted by Crippen LogP contribution is -2.79. The van der Waals surface area contributed by atoms with E-state index in [-0.39, 0.29) is 0 Å². The number of amides is 2. The van der Waals surface area contributed by atoms with Crippen molar-refractivity contribution in [2.45, 2.75) is 55.4 Å². The van der Waals surface area contributed by atoms with Gasteiger partial charge in [0, 0.05) is 14.5 Å². The van der Waals surface area contributed by atoms with Crippen LogP contribution in [0.1, 0.15) is 35.2 Å². The number of carboxylic acid groups (broad SMARTS) is 1. The number of carboxylic acids is 1. The molecule has 0 spiro atoms. The molecule has 2 aliphatic heterocycles. The number of nitrogens with two attached hydrogens (primary N) is 1. The molecule has 2 saturated heterocycles. The maximum atomic E-state index is 12.7. The molecule has 2 amide bonds. The zero-order chi connectivity index (χ0) is 20.3. The first kappa shape index (κ1) is 19.7. The Morgan fingerprint density at radius 1 is 1.44 bits per heavy atom. The van der Waals surface area contributed by atoms with Gasteiger partial charge in [-0.15, -0.1) is 23.1 Å². The number of nitriles is 1. The summed E-state index contributed by atoms with van der Waals surface area (Å²) in [5.41, 5.74) is 5.13. The third-order valence-corrected chi connectivity index (χ3v) is 7.79. The number of thioether (sulfide) groups is 1. The fourth-order valence-corrected chi connectivity index (χ4v) is 6.34. The summed E-state index contributed by atoms with van der Waals surface area (Å²) in [6, 6.07) is 1.74. The SMILES string of the molecule is Cc1cc(C)c(C(N)C(=O)N[C@@]2(C#N)C(=O)N3[C@@H](C(=O)O)C(C)(C)S[C@@H]32)s1. The minimum atomic E-state index is -1.80. The van der Waals surface area contributed by atoms with Crippen molar-refractivity contribution in [1.82, 2.24) is 10.2 Å². The number of nitrogens with zero attached hydrogens (tertiary/aromatic N) is 2. The fraction of sp³-hybridized carbons (Fsp3) is 0.529. The molecular weight excluding hydrogens is 388 g/mol. The molecule has 10 heteroatoms. The van der Waals surface area contributed by atoms with Crippen molar-refractivity contribution in [3.63, 3.8) is 0 Å². The number of aliphatic carboxylic acids is 1. The van der Waals surface area contributed by atoms with Crippen LogP contribution in [0, 0.1) is 25.2 Å². The molecule has 3 heterocycles. The minimum Gasteiger partial charge on any atom is -0.480 e. The van der Waals surface area contributed by atoms with E-state index >= 15 is 0 Å². The number of nitrogens with one attached hydrogen (secondary N) is 1. The second kappa shape index (κ2) is 6.22. The summed E-state index contributed by atoms with van der Waals surface area (Å²) in [6.45, 7) is 7.15. The average Bonchev–Trinajstić information content (AvgIpc) is 3.05.